The maximum Gasteiger partial charge on any atom is 0.243 e. The van der Waals surface area contributed by atoms with Gasteiger partial charge < -0.3 is 9.88 Å². The van der Waals surface area contributed by atoms with E-state index < -0.39 is 0 Å². The van der Waals surface area contributed by atoms with Crippen LogP contribution in [0.3, 0.4) is 0 Å². The van der Waals surface area contributed by atoms with Crippen molar-refractivity contribution in [3.63, 3.8) is 0 Å². The highest BCUT2D eigenvalue weighted by atomic mass is 16.2. The first-order valence-electron chi connectivity index (χ1n) is 7.93. The molecule has 6 heteroatoms. The lowest BCUT2D eigenvalue weighted by Crippen LogP contribution is -2.33. The topological polar surface area (TPSA) is 64.7 Å². The summed E-state index contributed by atoms with van der Waals surface area (Å²) in [5, 5.41) is 7.18. The molecule has 1 N–H and O–H groups in total. The minimum absolute atomic E-state index is 0.0541. The molecule has 3 rings (SSSR count). The van der Waals surface area contributed by atoms with Crippen LogP contribution < -0.4 is 5.32 Å². The van der Waals surface area contributed by atoms with Gasteiger partial charge in [-0.1, -0.05) is 30.3 Å². The van der Waals surface area contributed by atoms with Gasteiger partial charge in [0.25, 0.3) is 0 Å². The third-order valence-corrected chi connectivity index (χ3v) is 4.08. The molecule has 1 amide bonds. The van der Waals surface area contributed by atoms with Gasteiger partial charge in [-0.2, -0.15) is 5.10 Å². The second kappa shape index (κ2) is 6.70. The smallest absolute Gasteiger partial charge is 0.243 e. The highest BCUT2D eigenvalue weighted by molar-refractivity contribution is 5.81. The predicted molar refractivity (Wildman–Crippen MR) is 92.1 cm³/mol. The van der Waals surface area contributed by atoms with Gasteiger partial charge in [0.05, 0.1) is 12.2 Å². The zero-order valence-electron chi connectivity index (χ0n) is 14.0. The van der Waals surface area contributed by atoms with E-state index in [1.165, 1.54) is 0 Å². The van der Waals surface area contributed by atoms with Crippen LogP contribution in [0.1, 0.15) is 31.5 Å². The average molecular weight is 323 g/mol. The van der Waals surface area contributed by atoms with Crippen molar-refractivity contribution in [3.05, 3.63) is 60.7 Å². The molecule has 3 aromatic rings. The summed E-state index contributed by atoms with van der Waals surface area (Å²) < 4.78 is 3.62. The molecule has 2 aromatic heterocycles. The molecule has 124 valence electrons. The van der Waals surface area contributed by atoms with Crippen molar-refractivity contribution in [1.82, 2.24) is 24.6 Å². The molecule has 1 aromatic carbocycles. The van der Waals surface area contributed by atoms with Crippen molar-refractivity contribution >= 4 is 5.91 Å². The van der Waals surface area contributed by atoms with Gasteiger partial charge in [0, 0.05) is 36.8 Å². The van der Waals surface area contributed by atoms with Gasteiger partial charge in [-0.25, -0.2) is 4.98 Å². The Hall–Kier alpha value is -2.89. The summed E-state index contributed by atoms with van der Waals surface area (Å²) >= 11 is 0. The van der Waals surface area contributed by atoms with Crippen molar-refractivity contribution in [1.29, 1.82) is 0 Å². The predicted octanol–water partition coefficient (Wildman–Crippen LogP) is 2.72. The van der Waals surface area contributed by atoms with E-state index >= 15 is 0 Å². The second-order valence-electron chi connectivity index (χ2n) is 5.88. The molecule has 0 saturated carbocycles. The van der Waals surface area contributed by atoms with Crippen LogP contribution in [-0.2, 0) is 11.8 Å². The van der Waals surface area contributed by atoms with Crippen LogP contribution >= 0.6 is 0 Å². The highest BCUT2D eigenvalue weighted by Crippen LogP contribution is 2.21. The summed E-state index contributed by atoms with van der Waals surface area (Å²) in [6.45, 7) is 3.83. The van der Waals surface area contributed by atoms with E-state index in [9.17, 15) is 4.79 Å². The normalized spacial score (nSPS) is 13.5. The number of aromatic nitrogens is 4. The molecule has 0 bridgehead atoms. The zero-order valence-corrected chi connectivity index (χ0v) is 14.0. The standard InChI is InChI=1S/C18H21N5O/c1-13(16-11-20-22(3)12-16)21-18(24)14(2)23-10-9-19-17(23)15-7-5-4-6-8-15/h4-14H,1-3H3,(H,21,24). The minimum Gasteiger partial charge on any atom is -0.348 e. The fourth-order valence-electron chi connectivity index (χ4n) is 2.64. The van der Waals surface area contributed by atoms with Gasteiger partial charge >= 0.3 is 0 Å². The molecular formula is C18H21N5O. The summed E-state index contributed by atoms with van der Waals surface area (Å²) in [6.07, 6.45) is 7.22. The van der Waals surface area contributed by atoms with Crippen LogP contribution in [0.4, 0.5) is 0 Å². The Labute approximate surface area is 141 Å². The van der Waals surface area contributed by atoms with E-state index in [0.717, 1.165) is 17.0 Å². The van der Waals surface area contributed by atoms with Crippen LogP contribution in [0.15, 0.2) is 55.1 Å². The van der Waals surface area contributed by atoms with Gasteiger partial charge in [0.2, 0.25) is 5.91 Å². The van der Waals surface area contributed by atoms with Crippen LogP contribution in [0.5, 0.6) is 0 Å². The van der Waals surface area contributed by atoms with Gasteiger partial charge in [-0.3, -0.25) is 9.48 Å². The quantitative estimate of drug-likeness (QED) is 0.785. The highest BCUT2D eigenvalue weighted by Gasteiger charge is 2.20. The molecule has 0 aliphatic heterocycles. The molecule has 0 saturated heterocycles. The Kier molecular flexibility index (Phi) is 4.46. The molecule has 0 radical (unpaired) electrons. The lowest BCUT2D eigenvalue weighted by molar-refractivity contribution is -0.124. The van der Waals surface area contributed by atoms with E-state index in [1.807, 2.05) is 68.2 Å². The van der Waals surface area contributed by atoms with Gasteiger partial charge in [0.15, 0.2) is 0 Å². The van der Waals surface area contributed by atoms with E-state index in [-0.39, 0.29) is 18.0 Å². The first-order valence-corrected chi connectivity index (χ1v) is 7.93. The van der Waals surface area contributed by atoms with Crippen molar-refractivity contribution in [2.75, 3.05) is 0 Å². The van der Waals surface area contributed by atoms with E-state index in [1.54, 1.807) is 17.1 Å². The number of rotatable bonds is 5. The Morgan fingerprint density at radius 1 is 1.21 bits per heavy atom. The Bertz CT molecular complexity index is 821. The van der Waals surface area contributed by atoms with Gasteiger partial charge in [-0.05, 0) is 13.8 Å². The third-order valence-electron chi connectivity index (χ3n) is 4.08. The summed E-state index contributed by atoms with van der Waals surface area (Å²) in [6, 6.07) is 9.40. The lowest BCUT2D eigenvalue weighted by Gasteiger charge is -2.19. The number of carbonyl (C=O) groups excluding carboxylic acids is 1. The molecule has 0 aliphatic carbocycles. The number of hydrogen-bond acceptors (Lipinski definition) is 3. The second-order valence-corrected chi connectivity index (χ2v) is 5.88. The van der Waals surface area contributed by atoms with Crippen molar-refractivity contribution in [2.45, 2.75) is 25.9 Å². The SMILES string of the molecule is CC(NC(=O)C(C)n1ccnc1-c1ccccc1)c1cnn(C)c1. The summed E-state index contributed by atoms with van der Waals surface area (Å²) in [5.74, 6) is 0.730. The third kappa shape index (κ3) is 3.22. The Morgan fingerprint density at radius 3 is 2.62 bits per heavy atom. The number of imidazole rings is 1. The summed E-state index contributed by atoms with van der Waals surface area (Å²) in [5.41, 5.74) is 1.97. The molecule has 0 fully saturated rings. The molecule has 6 nitrogen and oxygen atoms in total. The average Bonchev–Trinajstić information content (AvgIpc) is 3.23. The number of nitrogens with one attached hydrogen (secondary N) is 1. The van der Waals surface area contributed by atoms with Gasteiger partial charge in [-0.15, -0.1) is 0 Å². The fraction of sp³-hybridized carbons (Fsp3) is 0.278. The zero-order chi connectivity index (χ0) is 17.1. The van der Waals surface area contributed by atoms with Crippen molar-refractivity contribution in [3.8, 4) is 11.4 Å². The largest absolute Gasteiger partial charge is 0.348 e. The molecule has 0 spiro atoms. The number of aryl methyl sites for hydroxylation is 1. The molecular weight excluding hydrogens is 302 g/mol. The van der Waals surface area contributed by atoms with Crippen LogP contribution in [-0.4, -0.2) is 25.2 Å². The number of nitrogens with zero attached hydrogens (tertiary/aromatic N) is 4. The lowest BCUT2D eigenvalue weighted by atomic mass is 10.1. The summed E-state index contributed by atoms with van der Waals surface area (Å²) in [7, 11) is 1.86. The molecule has 2 heterocycles. The van der Waals surface area contributed by atoms with Gasteiger partial charge in [0.1, 0.15) is 11.9 Å². The maximum atomic E-state index is 12.6. The Morgan fingerprint density at radius 2 is 1.96 bits per heavy atom. The van der Waals surface area contributed by atoms with Crippen molar-refractivity contribution in [2.24, 2.45) is 7.05 Å². The maximum absolute atomic E-state index is 12.6. The summed E-state index contributed by atoms with van der Waals surface area (Å²) in [4.78, 5) is 17.0. The number of amides is 1. The van der Waals surface area contributed by atoms with Crippen LogP contribution in [0, 0.1) is 0 Å². The number of hydrogen-bond donors (Lipinski definition) is 1. The molecule has 2 atom stereocenters. The monoisotopic (exact) mass is 323 g/mol. The number of carbonyl (C=O) groups is 1. The minimum atomic E-state index is -0.359. The van der Waals surface area contributed by atoms with Crippen LogP contribution in [0.25, 0.3) is 11.4 Å². The fourth-order valence-corrected chi connectivity index (χ4v) is 2.64. The van der Waals surface area contributed by atoms with E-state index in [2.05, 4.69) is 15.4 Å². The first-order chi connectivity index (χ1) is 11.6. The van der Waals surface area contributed by atoms with E-state index in [4.69, 9.17) is 0 Å². The molecule has 0 aliphatic rings. The Balaban J connectivity index is 1.76. The molecule has 24 heavy (non-hydrogen) atoms. The first kappa shape index (κ1) is 16.0. The van der Waals surface area contributed by atoms with E-state index in [0.29, 0.717) is 0 Å². The van der Waals surface area contributed by atoms with Crippen molar-refractivity contribution < 1.29 is 4.79 Å². The number of benzene rings is 1. The van der Waals surface area contributed by atoms with Crippen LogP contribution in [0.2, 0.25) is 0 Å². The molecule has 2 unspecified atom stereocenters.